The number of para-hydroxylation sites is 1. The average molecular weight is 442 g/mol. The Morgan fingerprint density at radius 1 is 1.30 bits per heavy atom. The highest BCUT2D eigenvalue weighted by Gasteiger charge is 2.61. The fourth-order valence-corrected chi connectivity index (χ4v) is 4.54. The number of carboxylic acid groups (broad SMARTS) is 1. The third-order valence-electron chi connectivity index (χ3n) is 5.88. The lowest BCUT2D eigenvalue weighted by atomic mass is 9.68. The van der Waals surface area contributed by atoms with E-state index in [9.17, 15) is 20.0 Å². The van der Waals surface area contributed by atoms with Crippen molar-refractivity contribution in [2.75, 3.05) is 18.6 Å². The minimum atomic E-state index is -1.75. The van der Waals surface area contributed by atoms with E-state index in [-0.39, 0.29) is 22.9 Å². The summed E-state index contributed by atoms with van der Waals surface area (Å²) in [6, 6.07) is 15.7. The van der Waals surface area contributed by atoms with Crippen LogP contribution in [0.1, 0.15) is 11.1 Å². The number of aromatic nitrogens is 2. The summed E-state index contributed by atoms with van der Waals surface area (Å²) in [6.45, 7) is -0.692. The molecule has 0 radical (unpaired) electrons. The van der Waals surface area contributed by atoms with Gasteiger partial charge in [0.1, 0.15) is 22.8 Å². The molecule has 2 aromatic carbocycles. The van der Waals surface area contributed by atoms with E-state index in [0.717, 1.165) is 4.90 Å². The normalized spacial score (nSPS) is 18.5. The Bertz CT molecular complexity index is 1380. The Hall–Kier alpha value is -4.78. The Morgan fingerprint density at radius 3 is 2.70 bits per heavy atom. The molecule has 0 saturated carbocycles. The van der Waals surface area contributed by atoms with Crippen molar-refractivity contribution in [1.29, 1.82) is 5.26 Å². The largest absolute Gasteiger partial charge is 0.548 e. The number of nitrogens with two attached hydrogens (primary N) is 1. The van der Waals surface area contributed by atoms with Crippen LogP contribution in [0.25, 0.3) is 11.3 Å². The molecule has 3 heterocycles. The van der Waals surface area contributed by atoms with Crippen LogP contribution < -0.4 is 25.2 Å². The second kappa shape index (κ2) is 7.13. The molecular weight excluding hydrogens is 426 g/mol. The number of carbonyl (C=O) groups excluding carboxylic acids is 2. The number of nitriles is 1. The number of ether oxygens (including phenoxy) is 2. The van der Waals surface area contributed by atoms with Gasteiger partial charge in [0.05, 0.1) is 30.9 Å². The van der Waals surface area contributed by atoms with Gasteiger partial charge in [-0.15, -0.1) is 5.10 Å². The van der Waals surface area contributed by atoms with Gasteiger partial charge in [-0.05, 0) is 30.3 Å². The number of fused-ring (bicyclic) bond motifs is 4. The van der Waals surface area contributed by atoms with Crippen molar-refractivity contribution in [3.63, 3.8) is 0 Å². The van der Waals surface area contributed by atoms with E-state index in [4.69, 9.17) is 15.2 Å². The lowest BCUT2D eigenvalue weighted by Crippen LogP contribution is -2.48. The summed E-state index contributed by atoms with van der Waals surface area (Å²) in [7, 11) is 1.54. The zero-order valence-electron chi connectivity index (χ0n) is 17.3. The van der Waals surface area contributed by atoms with Crippen molar-refractivity contribution in [3.8, 4) is 29.0 Å². The van der Waals surface area contributed by atoms with Crippen LogP contribution >= 0.6 is 0 Å². The summed E-state index contributed by atoms with van der Waals surface area (Å²) < 4.78 is 10.8. The number of carboxylic acids is 1. The number of nitrogens with zero attached hydrogens (tertiary/aromatic N) is 3. The lowest BCUT2D eigenvalue weighted by Gasteiger charge is -2.33. The maximum Gasteiger partial charge on any atom is 0.248 e. The minimum absolute atomic E-state index is 0.0239. The first kappa shape index (κ1) is 20.1. The number of nitrogens with one attached hydrogen (secondary N) is 1. The fraction of sp³-hybridized carbons (Fsp3) is 0.130. The number of H-pyrrole nitrogens is 1. The van der Waals surface area contributed by atoms with Crippen molar-refractivity contribution >= 4 is 17.6 Å². The molecule has 10 nitrogen and oxygen atoms in total. The van der Waals surface area contributed by atoms with Crippen molar-refractivity contribution < 1.29 is 24.2 Å². The number of benzene rings is 2. The Kier molecular flexibility index (Phi) is 4.35. The van der Waals surface area contributed by atoms with Gasteiger partial charge in [-0.25, -0.2) is 0 Å². The standard InChI is InChI=1S/C23H17N5O5/c1-32-13-8-6-12(7-9-13)19-18-21(27-26-19)33-20(25)15(10-24)23(18)14-4-2-3-5-16(14)28(22(23)31)11-17(29)30/h2-9H,11,25H2,1H3,(H,26,27)(H,29,30)/p-1. The average Bonchev–Trinajstić information content (AvgIpc) is 3.33. The Labute approximate surface area is 187 Å². The number of hydrogen-bond acceptors (Lipinski definition) is 8. The molecule has 1 aromatic heterocycles. The second-order valence-electron chi connectivity index (χ2n) is 7.49. The molecule has 0 aliphatic carbocycles. The summed E-state index contributed by atoms with van der Waals surface area (Å²) in [4.78, 5) is 26.6. The number of aromatic amines is 1. The highest BCUT2D eigenvalue weighted by Crippen LogP contribution is 2.56. The molecule has 1 atom stereocenters. The van der Waals surface area contributed by atoms with E-state index in [1.807, 2.05) is 6.07 Å². The maximum absolute atomic E-state index is 14.0. The second-order valence-corrected chi connectivity index (χ2v) is 7.49. The van der Waals surface area contributed by atoms with E-state index in [1.165, 1.54) is 0 Å². The highest BCUT2D eigenvalue weighted by molar-refractivity contribution is 6.16. The molecule has 164 valence electrons. The quantitative estimate of drug-likeness (QED) is 0.593. The molecule has 0 fully saturated rings. The van der Waals surface area contributed by atoms with Crippen LogP contribution in [0.15, 0.2) is 60.0 Å². The van der Waals surface area contributed by atoms with Crippen LogP contribution in [0, 0.1) is 11.3 Å². The van der Waals surface area contributed by atoms with Crippen LogP contribution in [0.4, 0.5) is 5.69 Å². The van der Waals surface area contributed by atoms with Gasteiger partial charge in [-0.3, -0.25) is 9.89 Å². The molecule has 1 unspecified atom stereocenters. The number of anilines is 1. The summed E-state index contributed by atoms with van der Waals surface area (Å²) in [5.41, 5.74) is 6.26. The van der Waals surface area contributed by atoms with Gasteiger partial charge in [-0.1, -0.05) is 18.2 Å². The molecule has 3 N–H and O–H groups in total. The van der Waals surface area contributed by atoms with Gasteiger partial charge in [0.15, 0.2) is 0 Å². The molecule has 0 saturated heterocycles. The predicted octanol–water partition coefficient (Wildman–Crippen LogP) is 0.554. The van der Waals surface area contributed by atoms with E-state index in [1.54, 1.807) is 55.6 Å². The molecule has 3 aromatic rings. The smallest absolute Gasteiger partial charge is 0.248 e. The zero-order valence-corrected chi connectivity index (χ0v) is 17.3. The lowest BCUT2D eigenvalue weighted by molar-refractivity contribution is -0.303. The number of aliphatic carboxylic acids is 1. The number of hydrogen-bond donors (Lipinski definition) is 2. The van der Waals surface area contributed by atoms with Gasteiger partial charge in [-0.2, -0.15) is 5.26 Å². The minimum Gasteiger partial charge on any atom is -0.548 e. The van der Waals surface area contributed by atoms with Crippen molar-refractivity contribution in [2.45, 2.75) is 5.41 Å². The van der Waals surface area contributed by atoms with Crippen molar-refractivity contribution in [1.82, 2.24) is 10.2 Å². The van der Waals surface area contributed by atoms with Crippen LogP contribution in [-0.2, 0) is 15.0 Å². The fourth-order valence-electron chi connectivity index (χ4n) is 4.54. The summed E-state index contributed by atoms with van der Waals surface area (Å²) >= 11 is 0. The molecule has 1 spiro atoms. The third kappa shape index (κ3) is 2.62. The number of carbonyl (C=O) groups is 2. The van der Waals surface area contributed by atoms with Crippen molar-refractivity contribution in [3.05, 3.63) is 71.1 Å². The molecule has 10 heteroatoms. The molecule has 2 aliphatic heterocycles. The molecule has 33 heavy (non-hydrogen) atoms. The van der Waals surface area contributed by atoms with E-state index in [0.29, 0.717) is 28.3 Å². The van der Waals surface area contributed by atoms with Crippen LogP contribution in [0.2, 0.25) is 0 Å². The van der Waals surface area contributed by atoms with Crippen LogP contribution in [-0.4, -0.2) is 35.7 Å². The highest BCUT2D eigenvalue weighted by atomic mass is 16.5. The number of methoxy groups -OCH3 is 1. The molecular formula is C23H16N5O5-. The summed E-state index contributed by atoms with van der Waals surface area (Å²) in [6.07, 6.45) is 0. The van der Waals surface area contributed by atoms with E-state index >= 15 is 0 Å². The molecule has 0 bridgehead atoms. The van der Waals surface area contributed by atoms with E-state index in [2.05, 4.69) is 10.2 Å². The van der Waals surface area contributed by atoms with Gasteiger partial charge >= 0.3 is 0 Å². The predicted molar refractivity (Wildman–Crippen MR) is 113 cm³/mol. The van der Waals surface area contributed by atoms with Crippen LogP contribution in [0.3, 0.4) is 0 Å². The first-order valence-corrected chi connectivity index (χ1v) is 9.86. The summed E-state index contributed by atoms with van der Waals surface area (Å²) in [5, 5.41) is 28.6. The van der Waals surface area contributed by atoms with Crippen molar-refractivity contribution in [2.24, 2.45) is 5.73 Å². The first-order chi connectivity index (χ1) is 15.9. The van der Waals surface area contributed by atoms with Gasteiger partial charge < -0.3 is 30.0 Å². The Balaban J connectivity index is 1.84. The van der Waals surface area contributed by atoms with Gasteiger partial charge in [0.25, 0.3) is 0 Å². The third-order valence-corrected chi connectivity index (χ3v) is 5.88. The van der Waals surface area contributed by atoms with Gasteiger partial charge in [0.2, 0.25) is 17.7 Å². The summed E-state index contributed by atoms with van der Waals surface area (Å²) in [5.74, 6) is -1.73. The Morgan fingerprint density at radius 2 is 2.03 bits per heavy atom. The van der Waals surface area contributed by atoms with Gasteiger partial charge in [0, 0.05) is 16.8 Å². The maximum atomic E-state index is 14.0. The SMILES string of the molecule is COc1ccc(-c2[nH]nc3c2C2(C(=O)N(CC(=O)[O-])c4ccccc42)C(C#N)=C(N)O3)cc1. The topological polar surface area (TPSA) is 157 Å². The monoisotopic (exact) mass is 442 g/mol. The first-order valence-electron chi connectivity index (χ1n) is 9.86. The molecule has 5 rings (SSSR count). The van der Waals surface area contributed by atoms with Crippen LogP contribution in [0.5, 0.6) is 11.6 Å². The molecule has 2 aliphatic rings. The van der Waals surface area contributed by atoms with E-state index < -0.39 is 23.8 Å². The zero-order chi connectivity index (χ0) is 23.3. The number of amides is 1. The number of rotatable bonds is 4. The molecule has 1 amide bonds.